The molecule has 5 nitrogen and oxygen atoms in total. The number of carbonyl (C=O) groups excluding carboxylic acids is 2. The summed E-state index contributed by atoms with van der Waals surface area (Å²) < 4.78 is 9.87. The zero-order chi connectivity index (χ0) is 16.9. The van der Waals surface area contributed by atoms with E-state index in [4.69, 9.17) is 16.3 Å². The largest absolute Gasteiger partial charge is 0.466 e. The molecule has 0 aliphatic carbocycles. The zero-order valence-electron chi connectivity index (χ0n) is 13.1. The van der Waals surface area contributed by atoms with Crippen LogP contribution in [0.25, 0.3) is 0 Å². The average Bonchev–Trinajstić information content (AvgIpc) is 2.42. The van der Waals surface area contributed by atoms with Crippen LogP contribution in [0, 0.1) is 0 Å². The normalized spacial score (nSPS) is 12.2. The zero-order valence-corrected chi connectivity index (χ0v) is 13.9. The highest BCUT2D eigenvalue weighted by molar-refractivity contribution is 6.31. The Morgan fingerprint density at radius 3 is 2.36 bits per heavy atom. The van der Waals surface area contributed by atoms with E-state index in [1.165, 1.54) is 7.11 Å². The van der Waals surface area contributed by atoms with Gasteiger partial charge in [-0.25, -0.2) is 9.59 Å². The van der Waals surface area contributed by atoms with Gasteiger partial charge in [-0.2, -0.15) is 0 Å². The van der Waals surface area contributed by atoms with Gasteiger partial charge in [0.1, 0.15) is 5.60 Å². The van der Waals surface area contributed by atoms with Gasteiger partial charge in [-0.1, -0.05) is 36.4 Å². The van der Waals surface area contributed by atoms with Crippen LogP contribution in [0.2, 0.25) is 5.02 Å². The summed E-state index contributed by atoms with van der Waals surface area (Å²) in [6, 6.07) is 6.01. The third kappa shape index (κ3) is 5.07. The third-order valence-corrected chi connectivity index (χ3v) is 3.02. The van der Waals surface area contributed by atoms with Gasteiger partial charge >= 0.3 is 12.1 Å². The van der Waals surface area contributed by atoms with Gasteiger partial charge in [0.15, 0.2) is 0 Å². The number of hydrogen-bond donors (Lipinski definition) is 1. The van der Waals surface area contributed by atoms with Crippen LogP contribution in [0.3, 0.4) is 0 Å². The monoisotopic (exact) mass is 325 g/mol. The molecule has 1 N–H and O–H groups in total. The quantitative estimate of drug-likeness (QED) is 0.678. The van der Waals surface area contributed by atoms with Gasteiger partial charge in [-0.05, 0) is 32.4 Å². The summed E-state index contributed by atoms with van der Waals surface area (Å²) in [6.07, 6.45) is -0.678. The van der Waals surface area contributed by atoms with Crippen LogP contribution in [-0.4, -0.2) is 24.8 Å². The Labute approximate surface area is 135 Å². The van der Waals surface area contributed by atoms with E-state index in [9.17, 15) is 9.59 Å². The first kappa shape index (κ1) is 18.0. The van der Waals surface area contributed by atoms with Crippen molar-refractivity contribution in [1.29, 1.82) is 0 Å². The van der Waals surface area contributed by atoms with E-state index < -0.39 is 23.7 Å². The highest BCUT2D eigenvalue weighted by Crippen LogP contribution is 2.28. The second-order valence-electron chi connectivity index (χ2n) is 5.62. The second-order valence-corrected chi connectivity index (χ2v) is 6.02. The predicted molar refractivity (Wildman–Crippen MR) is 84.7 cm³/mol. The number of rotatable bonds is 4. The minimum atomic E-state index is -0.837. The summed E-state index contributed by atoms with van der Waals surface area (Å²) >= 11 is 6.14. The highest BCUT2D eigenvalue weighted by Gasteiger charge is 2.27. The number of amides is 1. The summed E-state index contributed by atoms with van der Waals surface area (Å²) in [5.74, 6) is -0.638. The molecule has 0 spiro atoms. The molecule has 0 heterocycles. The first-order chi connectivity index (χ1) is 10.2. The van der Waals surface area contributed by atoms with Crippen molar-refractivity contribution < 1.29 is 19.1 Å². The minimum absolute atomic E-state index is 0.0569. The lowest BCUT2D eigenvalue weighted by molar-refractivity contribution is -0.136. The van der Waals surface area contributed by atoms with E-state index >= 15 is 0 Å². The summed E-state index contributed by atoms with van der Waals surface area (Å²) in [5, 5.41) is 3.00. The van der Waals surface area contributed by atoms with Gasteiger partial charge < -0.3 is 14.8 Å². The summed E-state index contributed by atoms with van der Waals surface area (Å²) in [4.78, 5) is 23.7. The molecule has 22 heavy (non-hydrogen) atoms. The number of hydrogen-bond acceptors (Lipinski definition) is 4. The first-order valence-electron chi connectivity index (χ1n) is 6.66. The smallest absolute Gasteiger partial charge is 0.408 e. The maximum Gasteiger partial charge on any atom is 0.408 e. The van der Waals surface area contributed by atoms with Crippen LogP contribution in [-0.2, 0) is 14.3 Å². The maximum atomic E-state index is 12.0. The fourth-order valence-electron chi connectivity index (χ4n) is 1.74. The Kier molecular flexibility index (Phi) is 6.00. The Balaban J connectivity index is 3.08. The molecule has 1 atom stereocenters. The van der Waals surface area contributed by atoms with Gasteiger partial charge in [0, 0.05) is 5.02 Å². The van der Waals surface area contributed by atoms with Crippen molar-refractivity contribution in [3.63, 3.8) is 0 Å². The van der Waals surface area contributed by atoms with Crippen molar-refractivity contribution >= 4 is 23.7 Å². The van der Waals surface area contributed by atoms with Crippen LogP contribution in [0.1, 0.15) is 32.4 Å². The van der Waals surface area contributed by atoms with Gasteiger partial charge in [-0.15, -0.1) is 0 Å². The molecule has 0 saturated heterocycles. The number of benzene rings is 1. The van der Waals surface area contributed by atoms with Gasteiger partial charge in [0.2, 0.25) is 0 Å². The van der Waals surface area contributed by atoms with Gasteiger partial charge in [-0.3, -0.25) is 0 Å². The number of ether oxygens (including phenoxy) is 2. The Morgan fingerprint density at radius 2 is 1.86 bits per heavy atom. The molecular weight excluding hydrogens is 306 g/mol. The van der Waals surface area contributed by atoms with E-state index in [0.717, 1.165) is 0 Å². The Morgan fingerprint density at radius 1 is 1.27 bits per heavy atom. The molecule has 120 valence electrons. The average molecular weight is 326 g/mol. The summed E-state index contributed by atoms with van der Waals surface area (Å²) in [5.41, 5.74) is -0.0753. The van der Waals surface area contributed by atoms with Crippen molar-refractivity contribution in [3.8, 4) is 0 Å². The van der Waals surface area contributed by atoms with Crippen LogP contribution >= 0.6 is 11.6 Å². The number of alkyl carbamates (subject to hydrolysis) is 1. The van der Waals surface area contributed by atoms with Crippen molar-refractivity contribution in [2.45, 2.75) is 32.4 Å². The molecule has 0 bridgehead atoms. The molecule has 1 amide bonds. The topological polar surface area (TPSA) is 64.6 Å². The SMILES string of the molecule is C=C(C(=O)OC)C(NC(=O)OC(C)(C)C)c1ccccc1Cl. The molecule has 0 aromatic heterocycles. The molecule has 1 unspecified atom stereocenters. The molecule has 0 fully saturated rings. The fourth-order valence-corrected chi connectivity index (χ4v) is 1.98. The second kappa shape index (κ2) is 7.31. The van der Waals surface area contributed by atoms with E-state index in [-0.39, 0.29) is 5.57 Å². The Bertz CT molecular complexity index is 578. The number of carbonyl (C=O) groups is 2. The van der Waals surface area contributed by atoms with Crippen molar-refractivity contribution in [2.75, 3.05) is 7.11 Å². The lowest BCUT2D eigenvalue weighted by Gasteiger charge is -2.24. The van der Waals surface area contributed by atoms with Crippen molar-refractivity contribution in [1.82, 2.24) is 5.32 Å². The van der Waals surface area contributed by atoms with E-state index in [1.54, 1.807) is 45.0 Å². The minimum Gasteiger partial charge on any atom is -0.466 e. The molecule has 1 aromatic carbocycles. The van der Waals surface area contributed by atoms with E-state index in [0.29, 0.717) is 10.6 Å². The molecule has 0 saturated carbocycles. The van der Waals surface area contributed by atoms with Gasteiger partial charge in [0.05, 0.1) is 18.7 Å². The van der Waals surface area contributed by atoms with Crippen LogP contribution in [0.15, 0.2) is 36.4 Å². The van der Waals surface area contributed by atoms with Crippen LogP contribution in [0.5, 0.6) is 0 Å². The van der Waals surface area contributed by atoms with E-state index in [1.807, 2.05) is 0 Å². The summed E-state index contributed by atoms with van der Waals surface area (Å²) in [6.45, 7) is 8.92. The number of halogens is 1. The first-order valence-corrected chi connectivity index (χ1v) is 7.04. The summed E-state index contributed by atoms with van der Waals surface area (Å²) in [7, 11) is 1.24. The molecule has 1 rings (SSSR count). The standard InChI is InChI=1S/C16H20ClNO4/c1-10(14(19)21-5)13(11-8-6-7-9-12(11)17)18-15(20)22-16(2,3)4/h6-9,13H,1H2,2-5H3,(H,18,20). The number of methoxy groups -OCH3 is 1. The predicted octanol–water partition coefficient (Wildman–Crippen LogP) is 3.64. The molecule has 0 aliphatic heterocycles. The third-order valence-electron chi connectivity index (χ3n) is 2.67. The fraction of sp³-hybridized carbons (Fsp3) is 0.375. The Hall–Kier alpha value is -2.01. The molecule has 0 aliphatic rings. The van der Waals surface area contributed by atoms with Gasteiger partial charge in [0.25, 0.3) is 0 Å². The van der Waals surface area contributed by atoms with Crippen LogP contribution < -0.4 is 5.32 Å². The molecule has 6 heteroatoms. The van der Waals surface area contributed by atoms with Crippen molar-refractivity contribution in [3.05, 3.63) is 47.0 Å². The van der Waals surface area contributed by atoms with Crippen LogP contribution in [0.4, 0.5) is 4.79 Å². The number of nitrogens with one attached hydrogen (secondary N) is 1. The van der Waals surface area contributed by atoms with Crippen molar-refractivity contribution in [2.24, 2.45) is 0 Å². The molecular formula is C16H20ClNO4. The number of esters is 1. The maximum absolute atomic E-state index is 12.0. The highest BCUT2D eigenvalue weighted by atomic mass is 35.5. The lowest BCUT2D eigenvalue weighted by Crippen LogP contribution is -2.37. The molecule has 0 radical (unpaired) electrons. The van der Waals surface area contributed by atoms with E-state index in [2.05, 4.69) is 16.6 Å². The molecule has 1 aromatic rings. The lowest BCUT2D eigenvalue weighted by atomic mass is 10.00.